The van der Waals surface area contributed by atoms with E-state index in [1.54, 1.807) is 29.2 Å². The highest BCUT2D eigenvalue weighted by molar-refractivity contribution is 5.71. The molecule has 6 heteroatoms. The Kier molecular flexibility index (Phi) is 5.73. The number of para-hydroxylation sites is 1. The number of carbonyl (C=O) groups excluding carboxylic acids is 2. The molecule has 0 aliphatic carbocycles. The molecule has 1 aliphatic heterocycles. The molecule has 136 valence electrons. The van der Waals surface area contributed by atoms with Gasteiger partial charge in [-0.3, -0.25) is 4.79 Å². The fraction of sp³-hybridized carbons (Fsp3) is 0.300. The first-order chi connectivity index (χ1) is 12.6. The molecule has 3 rings (SSSR count). The molecule has 0 bridgehead atoms. The molecule has 1 aliphatic rings. The highest BCUT2D eigenvalue weighted by atomic mass is 16.6. The minimum Gasteiger partial charge on any atom is -0.462 e. The van der Waals surface area contributed by atoms with E-state index in [4.69, 9.17) is 14.2 Å². The fourth-order valence-corrected chi connectivity index (χ4v) is 2.76. The summed E-state index contributed by atoms with van der Waals surface area (Å²) < 4.78 is 16.3. The monoisotopic (exact) mass is 355 g/mol. The number of hydrogen-bond donors (Lipinski definition) is 0. The molecule has 1 saturated heterocycles. The normalized spacial score (nSPS) is 14.6. The quantitative estimate of drug-likeness (QED) is 0.776. The van der Waals surface area contributed by atoms with Crippen LogP contribution in [0, 0.1) is 0 Å². The second-order valence-electron chi connectivity index (χ2n) is 6.05. The highest BCUT2D eigenvalue weighted by Crippen LogP contribution is 2.24. The van der Waals surface area contributed by atoms with Crippen molar-refractivity contribution >= 4 is 12.1 Å². The molecule has 0 radical (unpaired) electrons. The van der Waals surface area contributed by atoms with E-state index in [0.717, 1.165) is 5.75 Å². The summed E-state index contributed by atoms with van der Waals surface area (Å²) in [6.07, 6.45) is 0.728. The first kappa shape index (κ1) is 17.8. The average molecular weight is 355 g/mol. The van der Waals surface area contributed by atoms with Crippen LogP contribution >= 0.6 is 0 Å². The van der Waals surface area contributed by atoms with Crippen molar-refractivity contribution in [1.29, 1.82) is 0 Å². The van der Waals surface area contributed by atoms with Gasteiger partial charge in [-0.2, -0.15) is 0 Å². The number of piperidine rings is 1. The zero-order chi connectivity index (χ0) is 18.4. The van der Waals surface area contributed by atoms with Crippen molar-refractivity contribution in [3.8, 4) is 17.2 Å². The molecule has 0 atom stereocenters. The van der Waals surface area contributed by atoms with Crippen molar-refractivity contribution in [2.24, 2.45) is 0 Å². The SMILES string of the molecule is CC(=O)OC1CCN(C(=O)Oc2ccc(Oc3ccccc3)cc2)CC1. The Hall–Kier alpha value is -3.02. The molecule has 6 nitrogen and oxygen atoms in total. The van der Waals surface area contributed by atoms with Crippen LogP contribution in [-0.4, -0.2) is 36.2 Å². The van der Waals surface area contributed by atoms with Gasteiger partial charge in [0, 0.05) is 32.9 Å². The molecule has 0 aromatic heterocycles. The van der Waals surface area contributed by atoms with E-state index in [1.165, 1.54) is 6.92 Å². The molecular formula is C20H21NO5. The summed E-state index contributed by atoms with van der Waals surface area (Å²) in [4.78, 5) is 24.8. The molecule has 0 saturated carbocycles. The maximum atomic E-state index is 12.2. The van der Waals surface area contributed by atoms with Gasteiger partial charge >= 0.3 is 12.1 Å². The van der Waals surface area contributed by atoms with E-state index in [0.29, 0.717) is 37.4 Å². The van der Waals surface area contributed by atoms with Crippen LogP contribution in [0.25, 0.3) is 0 Å². The van der Waals surface area contributed by atoms with Crippen molar-refractivity contribution in [3.63, 3.8) is 0 Å². The fourth-order valence-electron chi connectivity index (χ4n) is 2.76. The van der Waals surface area contributed by atoms with Crippen LogP contribution in [0.4, 0.5) is 4.79 Å². The third-order valence-electron chi connectivity index (χ3n) is 4.04. The second kappa shape index (κ2) is 8.38. The summed E-state index contributed by atoms with van der Waals surface area (Å²) in [6, 6.07) is 16.4. The Morgan fingerprint density at radius 1 is 0.885 bits per heavy atom. The Balaban J connectivity index is 1.49. The molecule has 0 spiro atoms. The van der Waals surface area contributed by atoms with Crippen molar-refractivity contribution < 1.29 is 23.8 Å². The van der Waals surface area contributed by atoms with Gasteiger partial charge < -0.3 is 19.1 Å². The van der Waals surface area contributed by atoms with Gasteiger partial charge in [0.25, 0.3) is 0 Å². The van der Waals surface area contributed by atoms with Gasteiger partial charge in [-0.05, 0) is 36.4 Å². The molecule has 0 N–H and O–H groups in total. The summed E-state index contributed by atoms with van der Waals surface area (Å²) in [5, 5.41) is 0. The summed E-state index contributed by atoms with van der Waals surface area (Å²) in [6.45, 7) is 2.41. The van der Waals surface area contributed by atoms with Crippen molar-refractivity contribution in [3.05, 3.63) is 54.6 Å². The molecule has 26 heavy (non-hydrogen) atoms. The van der Waals surface area contributed by atoms with Gasteiger partial charge in [0.05, 0.1) is 0 Å². The number of rotatable bonds is 4. The lowest BCUT2D eigenvalue weighted by Gasteiger charge is -2.30. The smallest absolute Gasteiger partial charge is 0.415 e. The van der Waals surface area contributed by atoms with Crippen LogP contribution in [0.15, 0.2) is 54.6 Å². The predicted octanol–water partition coefficient (Wildman–Crippen LogP) is 4.01. The van der Waals surface area contributed by atoms with E-state index in [2.05, 4.69) is 0 Å². The van der Waals surface area contributed by atoms with E-state index in [9.17, 15) is 9.59 Å². The van der Waals surface area contributed by atoms with Crippen LogP contribution in [0.1, 0.15) is 19.8 Å². The second-order valence-corrected chi connectivity index (χ2v) is 6.05. The Bertz CT molecular complexity index is 737. The van der Waals surface area contributed by atoms with Crippen LogP contribution in [0.3, 0.4) is 0 Å². The van der Waals surface area contributed by atoms with Gasteiger partial charge in [-0.25, -0.2) is 4.79 Å². The maximum Gasteiger partial charge on any atom is 0.415 e. The number of benzene rings is 2. The van der Waals surface area contributed by atoms with Crippen LogP contribution in [0.2, 0.25) is 0 Å². The molecular weight excluding hydrogens is 334 g/mol. The number of likely N-dealkylation sites (tertiary alicyclic amines) is 1. The number of hydrogen-bond acceptors (Lipinski definition) is 5. The van der Waals surface area contributed by atoms with Crippen LogP contribution in [-0.2, 0) is 9.53 Å². The Morgan fingerprint density at radius 3 is 2.08 bits per heavy atom. The summed E-state index contributed by atoms with van der Waals surface area (Å²) in [5.74, 6) is 1.58. The number of carbonyl (C=O) groups is 2. The lowest BCUT2D eigenvalue weighted by atomic mass is 10.1. The number of nitrogens with zero attached hydrogens (tertiary/aromatic N) is 1. The van der Waals surface area contributed by atoms with E-state index in [-0.39, 0.29) is 12.1 Å². The van der Waals surface area contributed by atoms with Gasteiger partial charge in [0.2, 0.25) is 0 Å². The number of amides is 1. The molecule has 2 aromatic rings. The average Bonchev–Trinajstić information content (AvgIpc) is 2.64. The van der Waals surface area contributed by atoms with Gasteiger partial charge in [-0.1, -0.05) is 18.2 Å². The van der Waals surface area contributed by atoms with Crippen molar-refractivity contribution in [2.45, 2.75) is 25.9 Å². The zero-order valence-corrected chi connectivity index (χ0v) is 14.6. The van der Waals surface area contributed by atoms with Crippen LogP contribution in [0.5, 0.6) is 17.2 Å². The minimum absolute atomic E-state index is 0.119. The third-order valence-corrected chi connectivity index (χ3v) is 4.04. The Labute approximate surface area is 152 Å². The standard InChI is InChI=1S/C20H21NO5/c1-15(22)24-19-11-13-21(14-12-19)20(23)26-18-9-7-17(8-10-18)25-16-5-3-2-4-6-16/h2-10,19H,11-14H2,1H3. The van der Waals surface area contributed by atoms with E-state index >= 15 is 0 Å². The maximum absolute atomic E-state index is 12.2. The molecule has 1 fully saturated rings. The summed E-state index contributed by atoms with van der Waals surface area (Å²) in [7, 11) is 0. The summed E-state index contributed by atoms with van der Waals surface area (Å²) in [5.41, 5.74) is 0. The molecule has 1 amide bonds. The largest absolute Gasteiger partial charge is 0.462 e. The predicted molar refractivity (Wildman–Crippen MR) is 95.3 cm³/mol. The van der Waals surface area contributed by atoms with Gasteiger partial charge in [-0.15, -0.1) is 0 Å². The first-order valence-electron chi connectivity index (χ1n) is 8.57. The molecule has 2 aromatic carbocycles. The van der Waals surface area contributed by atoms with Gasteiger partial charge in [0.1, 0.15) is 23.4 Å². The highest BCUT2D eigenvalue weighted by Gasteiger charge is 2.25. The van der Waals surface area contributed by atoms with E-state index < -0.39 is 6.09 Å². The number of esters is 1. The molecule has 1 heterocycles. The van der Waals surface area contributed by atoms with Gasteiger partial charge in [0.15, 0.2) is 0 Å². The molecule has 0 unspecified atom stereocenters. The topological polar surface area (TPSA) is 65.1 Å². The van der Waals surface area contributed by atoms with Crippen molar-refractivity contribution in [1.82, 2.24) is 4.90 Å². The van der Waals surface area contributed by atoms with E-state index in [1.807, 2.05) is 30.3 Å². The zero-order valence-electron chi connectivity index (χ0n) is 14.6. The minimum atomic E-state index is -0.400. The summed E-state index contributed by atoms with van der Waals surface area (Å²) >= 11 is 0. The lowest BCUT2D eigenvalue weighted by molar-refractivity contribution is -0.148. The third kappa shape index (κ3) is 4.99. The first-order valence-corrected chi connectivity index (χ1v) is 8.57. The van der Waals surface area contributed by atoms with Crippen LogP contribution < -0.4 is 9.47 Å². The Morgan fingerprint density at radius 2 is 1.46 bits per heavy atom. The lowest BCUT2D eigenvalue weighted by Crippen LogP contribution is -2.42. The van der Waals surface area contributed by atoms with Crippen molar-refractivity contribution in [2.75, 3.05) is 13.1 Å². The number of ether oxygens (including phenoxy) is 3.